The van der Waals surface area contributed by atoms with Crippen LogP contribution in [0.15, 0.2) is 69.9 Å². The van der Waals surface area contributed by atoms with E-state index in [1.807, 2.05) is 42.5 Å². The Balaban J connectivity index is 2.01. The number of carbonyl (C=O) groups is 1. The van der Waals surface area contributed by atoms with E-state index >= 15 is 0 Å². The van der Waals surface area contributed by atoms with Gasteiger partial charge in [0.05, 0.1) is 18.1 Å². The predicted octanol–water partition coefficient (Wildman–Crippen LogP) is 5.47. The number of esters is 1. The molecule has 1 aromatic carbocycles. The minimum atomic E-state index is -0.420. The van der Waals surface area contributed by atoms with E-state index in [1.165, 1.54) is 7.11 Å². The van der Waals surface area contributed by atoms with Crippen molar-refractivity contribution in [1.82, 2.24) is 0 Å². The number of fused-ring (bicyclic) bond motifs is 2. The second-order valence-electron chi connectivity index (χ2n) is 7.10. The van der Waals surface area contributed by atoms with E-state index in [4.69, 9.17) is 9.15 Å². The van der Waals surface area contributed by atoms with Gasteiger partial charge in [-0.05, 0) is 46.2 Å². The monoisotopic (exact) mass is 372 g/mol. The Morgan fingerprint density at radius 1 is 0.929 bits per heavy atom. The molecule has 0 fully saturated rings. The molecule has 0 atom stereocenters. The Labute approximate surface area is 162 Å². The van der Waals surface area contributed by atoms with Gasteiger partial charge in [0, 0.05) is 5.56 Å². The molecule has 0 radical (unpaired) electrons. The van der Waals surface area contributed by atoms with E-state index in [0.717, 1.165) is 22.1 Å². The molecule has 1 heterocycles. The first-order valence-corrected chi connectivity index (χ1v) is 9.18. The summed E-state index contributed by atoms with van der Waals surface area (Å²) >= 11 is 0. The third-order valence-electron chi connectivity index (χ3n) is 5.05. The average Bonchev–Trinajstić information content (AvgIpc) is 2.91. The normalized spacial score (nSPS) is 11.3. The summed E-state index contributed by atoms with van der Waals surface area (Å²) in [7, 11) is 1.36. The molecule has 2 aromatic rings. The molecule has 4 heteroatoms. The Bertz CT molecular complexity index is 1220. The molecule has 0 saturated carbocycles. The van der Waals surface area contributed by atoms with Gasteiger partial charge in [-0.25, -0.2) is 9.59 Å². The highest BCUT2D eigenvalue weighted by molar-refractivity contribution is 6.04. The summed E-state index contributed by atoms with van der Waals surface area (Å²) in [6.45, 7) is 4.23. The highest BCUT2D eigenvalue weighted by Crippen LogP contribution is 2.39. The zero-order valence-electron chi connectivity index (χ0n) is 16.0. The molecule has 4 rings (SSSR count). The van der Waals surface area contributed by atoms with E-state index in [2.05, 4.69) is 13.8 Å². The zero-order chi connectivity index (χ0) is 19.8. The van der Waals surface area contributed by atoms with Crippen LogP contribution in [-0.2, 0) is 4.74 Å². The predicted molar refractivity (Wildman–Crippen MR) is 110 cm³/mol. The lowest BCUT2D eigenvalue weighted by Crippen LogP contribution is -2.00. The molecule has 0 saturated heterocycles. The average molecular weight is 372 g/mol. The second kappa shape index (κ2) is 6.97. The third kappa shape index (κ3) is 2.97. The van der Waals surface area contributed by atoms with Gasteiger partial charge in [0.2, 0.25) is 0 Å². The summed E-state index contributed by atoms with van der Waals surface area (Å²) in [6.07, 6.45) is 0. The van der Waals surface area contributed by atoms with Gasteiger partial charge in [-0.15, -0.1) is 0 Å². The van der Waals surface area contributed by atoms with Crippen LogP contribution >= 0.6 is 0 Å². The van der Waals surface area contributed by atoms with Crippen molar-refractivity contribution in [1.29, 1.82) is 0 Å². The van der Waals surface area contributed by atoms with E-state index in [-0.39, 0.29) is 0 Å². The summed E-state index contributed by atoms with van der Waals surface area (Å²) in [5.74, 6) is 0.359. The van der Waals surface area contributed by atoms with Crippen LogP contribution in [-0.4, -0.2) is 13.1 Å². The van der Waals surface area contributed by atoms with Crippen LogP contribution in [0.25, 0.3) is 33.2 Å². The van der Waals surface area contributed by atoms with Crippen LogP contribution in [0.3, 0.4) is 0 Å². The molecule has 28 heavy (non-hydrogen) atoms. The van der Waals surface area contributed by atoms with Gasteiger partial charge in [-0.1, -0.05) is 56.3 Å². The van der Waals surface area contributed by atoms with Gasteiger partial charge in [-0.3, -0.25) is 0 Å². The first-order valence-electron chi connectivity index (χ1n) is 9.18. The van der Waals surface area contributed by atoms with Crippen molar-refractivity contribution in [2.75, 3.05) is 7.11 Å². The van der Waals surface area contributed by atoms with Crippen LogP contribution in [0.5, 0.6) is 0 Å². The molecule has 0 spiro atoms. The molecule has 2 aliphatic rings. The second-order valence-corrected chi connectivity index (χ2v) is 7.10. The lowest BCUT2D eigenvalue weighted by Gasteiger charge is -2.03. The molecule has 0 bridgehead atoms. The lowest BCUT2D eigenvalue weighted by atomic mass is 10.0. The van der Waals surface area contributed by atoms with E-state index < -0.39 is 11.6 Å². The summed E-state index contributed by atoms with van der Waals surface area (Å²) in [4.78, 5) is 24.8. The molecule has 1 aromatic heterocycles. The first-order chi connectivity index (χ1) is 13.5. The quantitative estimate of drug-likeness (QED) is 0.447. The smallest absolute Gasteiger partial charge is 0.344 e. The number of carbonyl (C=O) groups excluding carboxylic acids is 1. The number of benzene rings is 1. The molecular formula is C24H20O4. The minimum absolute atomic E-state index is 0.347. The van der Waals surface area contributed by atoms with Crippen LogP contribution in [0.2, 0.25) is 0 Å². The van der Waals surface area contributed by atoms with Crippen molar-refractivity contribution in [2.24, 2.45) is 0 Å². The first kappa shape index (κ1) is 18.0. The van der Waals surface area contributed by atoms with Gasteiger partial charge >= 0.3 is 11.6 Å². The molecule has 4 nitrogen and oxygen atoms in total. The van der Waals surface area contributed by atoms with E-state index in [1.54, 1.807) is 18.2 Å². The number of hydrogen-bond acceptors (Lipinski definition) is 4. The van der Waals surface area contributed by atoms with Crippen molar-refractivity contribution in [3.8, 4) is 22.5 Å². The summed E-state index contributed by atoms with van der Waals surface area (Å²) < 4.78 is 10.6. The maximum atomic E-state index is 12.5. The van der Waals surface area contributed by atoms with Crippen molar-refractivity contribution in [2.45, 2.75) is 19.8 Å². The molecule has 0 unspecified atom stereocenters. The molecular weight excluding hydrogens is 352 g/mol. The zero-order valence-corrected chi connectivity index (χ0v) is 16.0. The number of rotatable bonds is 3. The third-order valence-corrected chi connectivity index (χ3v) is 5.05. The fourth-order valence-corrected chi connectivity index (χ4v) is 3.50. The van der Waals surface area contributed by atoms with Crippen LogP contribution in [0.1, 0.15) is 35.7 Å². The van der Waals surface area contributed by atoms with Crippen LogP contribution < -0.4 is 5.63 Å². The molecule has 0 aliphatic heterocycles. The Kier molecular flexibility index (Phi) is 4.47. The highest BCUT2D eigenvalue weighted by atomic mass is 16.5. The van der Waals surface area contributed by atoms with Gasteiger partial charge in [0.1, 0.15) is 5.76 Å². The molecule has 0 amide bonds. The van der Waals surface area contributed by atoms with Crippen molar-refractivity contribution >= 4 is 16.7 Å². The van der Waals surface area contributed by atoms with Crippen molar-refractivity contribution in [3.05, 3.63) is 82.2 Å². The lowest BCUT2D eigenvalue weighted by molar-refractivity contribution is 0.0602. The fourth-order valence-electron chi connectivity index (χ4n) is 3.50. The van der Waals surface area contributed by atoms with Gasteiger partial charge in [0.25, 0.3) is 0 Å². The maximum Gasteiger partial charge on any atom is 0.344 e. The Morgan fingerprint density at radius 2 is 1.64 bits per heavy atom. The molecule has 140 valence electrons. The van der Waals surface area contributed by atoms with Gasteiger partial charge in [-0.2, -0.15) is 0 Å². The molecule has 2 aliphatic carbocycles. The van der Waals surface area contributed by atoms with Crippen LogP contribution in [0.4, 0.5) is 0 Å². The van der Waals surface area contributed by atoms with E-state index in [0.29, 0.717) is 28.2 Å². The van der Waals surface area contributed by atoms with E-state index in [9.17, 15) is 9.59 Å². The summed E-state index contributed by atoms with van der Waals surface area (Å²) in [5, 5.41) is 1.33. The van der Waals surface area contributed by atoms with Crippen molar-refractivity contribution < 1.29 is 13.9 Å². The molecule has 0 N–H and O–H groups in total. The van der Waals surface area contributed by atoms with Crippen LogP contribution in [0, 0.1) is 0 Å². The minimum Gasteiger partial charge on any atom is -0.465 e. The number of methoxy groups -OCH3 is 1. The topological polar surface area (TPSA) is 56.5 Å². The number of hydrogen-bond donors (Lipinski definition) is 0. The number of ether oxygens (including phenoxy) is 1. The largest absolute Gasteiger partial charge is 0.465 e. The fraction of sp³-hybridized carbons (Fsp3) is 0.167. The summed E-state index contributed by atoms with van der Waals surface area (Å²) in [5.41, 5.74) is 3.51. The SMILES string of the molecule is COC(=O)c1cc(-c2cc3ccccc3c(=O)o2)c2ccc(C(C)C)ccc1-2. The van der Waals surface area contributed by atoms with Crippen molar-refractivity contribution in [3.63, 3.8) is 0 Å². The van der Waals surface area contributed by atoms with Gasteiger partial charge in [0.15, 0.2) is 0 Å². The van der Waals surface area contributed by atoms with Gasteiger partial charge < -0.3 is 9.15 Å². The maximum absolute atomic E-state index is 12.5. The standard InChI is InChI=1S/C24H20O4/c1-14(2)15-8-10-18-19(11-9-15)21(23(25)27-3)13-20(18)22-12-16-6-4-5-7-17(16)24(26)28-22/h4-14H,1-3H3. The summed E-state index contributed by atoms with van der Waals surface area (Å²) in [6, 6.07) is 18.8. The highest BCUT2D eigenvalue weighted by Gasteiger charge is 2.23. The Morgan fingerprint density at radius 3 is 2.36 bits per heavy atom. The Hall–Kier alpha value is -3.40.